The predicted molar refractivity (Wildman–Crippen MR) is 90.3 cm³/mol. The fraction of sp³-hybridized carbons (Fsp3) is 0.471. The first-order valence-corrected chi connectivity index (χ1v) is 7.99. The van der Waals surface area contributed by atoms with Crippen molar-refractivity contribution in [3.8, 4) is 5.69 Å². The van der Waals surface area contributed by atoms with Crippen LogP contribution in [-0.4, -0.2) is 21.2 Å². The monoisotopic (exact) mass is 314 g/mol. The molecule has 0 unspecified atom stereocenters. The van der Waals surface area contributed by atoms with Crippen molar-refractivity contribution in [3.05, 3.63) is 45.6 Å². The molecular formula is C17H22N4O2. The van der Waals surface area contributed by atoms with E-state index < -0.39 is 0 Å². The van der Waals surface area contributed by atoms with E-state index in [-0.39, 0.29) is 16.0 Å². The van der Waals surface area contributed by atoms with Crippen molar-refractivity contribution in [2.24, 2.45) is 0 Å². The lowest BCUT2D eigenvalue weighted by Crippen LogP contribution is -2.15. The number of nitro benzene ring substituents is 1. The summed E-state index contributed by atoms with van der Waals surface area (Å²) in [5, 5.41) is 19.6. The summed E-state index contributed by atoms with van der Waals surface area (Å²) >= 11 is 0. The lowest BCUT2D eigenvalue weighted by Gasteiger charge is -2.17. The van der Waals surface area contributed by atoms with Gasteiger partial charge in [0.1, 0.15) is 11.5 Å². The molecule has 0 aliphatic carbocycles. The number of anilines is 1. The van der Waals surface area contributed by atoms with Crippen LogP contribution in [0, 0.1) is 10.1 Å². The zero-order valence-electron chi connectivity index (χ0n) is 13.8. The van der Waals surface area contributed by atoms with Gasteiger partial charge in [-0.2, -0.15) is 5.10 Å². The Kier molecular flexibility index (Phi) is 3.83. The molecular weight excluding hydrogens is 292 g/mol. The van der Waals surface area contributed by atoms with Gasteiger partial charge in [-0.05, 0) is 25.3 Å². The quantitative estimate of drug-likeness (QED) is 0.675. The number of rotatable bonds is 2. The molecule has 23 heavy (non-hydrogen) atoms. The molecule has 2 heterocycles. The maximum absolute atomic E-state index is 11.4. The Hall–Kier alpha value is -2.37. The summed E-state index contributed by atoms with van der Waals surface area (Å²) in [6.45, 7) is 7.25. The molecule has 1 aromatic carbocycles. The molecule has 0 spiro atoms. The Morgan fingerprint density at radius 3 is 2.70 bits per heavy atom. The minimum Gasteiger partial charge on any atom is -0.370 e. The topological polar surface area (TPSA) is 73.0 Å². The first kappa shape index (κ1) is 15.5. The normalized spacial score (nSPS) is 14.7. The fourth-order valence-electron chi connectivity index (χ4n) is 3.08. The van der Waals surface area contributed by atoms with Gasteiger partial charge in [0.25, 0.3) is 5.69 Å². The van der Waals surface area contributed by atoms with Crippen molar-refractivity contribution >= 4 is 11.5 Å². The molecule has 6 heteroatoms. The van der Waals surface area contributed by atoms with Crippen LogP contribution in [0.25, 0.3) is 5.69 Å². The lowest BCUT2D eigenvalue weighted by molar-refractivity contribution is -0.384. The highest BCUT2D eigenvalue weighted by Crippen LogP contribution is 2.36. The number of nitrogens with one attached hydrogen (secondary N) is 1. The Labute approximate surface area is 135 Å². The Bertz CT molecular complexity index is 744. The zero-order chi connectivity index (χ0) is 16.6. The number of para-hydroxylation sites is 2. The number of nitro groups is 1. The summed E-state index contributed by atoms with van der Waals surface area (Å²) in [6.07, 6.45) is 3.15. The summed E-state index contributed by atoms with van der Waals surface area (Å²) < 4.78 is 1.72. The molecule has 1 N–H and O–H groups in total. The second-order valence-corrected chi connectivity index (χ2v) is 6.97. The van der Waals surface area contributed by atoms with E-state index in [2.05, 4.69) is 26.1 Å². The van der Waals surface area contributed by atoms with Crippen molar-refractivity contribution in [1.29, 1.82) is 0 Å². The second-order valence-electron chi connectivity index (χ2n) is 6.97. The lowest BCUT2D eigenvalue weighted by atomic mass is 9.88. The number of nitrogens with zero attached hydrogens (tertiary/aromatic N) is 3. The maximum atomic E-state index is 11.4. The van der Waals surface area contributed by atoms with Crippen molar-refractivity contribution in [2.45, 2.75) is 45.4 Å². The molecule has 0 amide bonds. The summed E-state index contributed by atoms with van der Waals surface area (Å²) in [6, 6.07) is 6.77. The third-order valence-corrected chi connectivity index (χ3v) is 4.15. The van der Waals surface area contributed by atoms with Gasteiger partial charge in [-0.15, -0.1) is 0 Å². The highest BCUT2D eigenvalue weighted by molar-refractivity contribution is 5.61. The molecule has 0 bridgehead atoms. The zero-order valence-corrected chi connectivity index (χ0v) is 13.8. The van der Waals surface area contributed by atoms with Crippen molar-refractivity contribution in [1.82, 2.24) is 9.78 Å². The van der Waals surface area contributed by atoms with Crippen LogP contribution in [0.2, 0.25) is 0 Å². The third-order valence-electron chi connectivity index (χ3n) is 4.15. The average molecular weight is 314 g/mol. The van der Waals surface area contributed by atoms with Crippen LogP contribution in [0.5, 0.6) is 0 Å². The summed E-state index contributed by atoms with van der Waals surface area (Å²) in [7, 11) is 0. The molecule has 0 saturated heterocycles. The van der Waals surface area contributed by atoms with Gasteiger partial charge in [-0.25, -0.2) is 4.68 Å². The van der Waals surface area contributed by atoms with Crippen LogP contribution < -0.4 is 5.32 Å². The van der Waals surface area contributed by atoms with E-state index in [0.717, 1.165) is 37.3 Å². The Morgan fingerprint density at radius 2 is 2.00 bits per heavy atom. The molecule has 0 saturated carbocycles. The SMILES string of the molecule is CC(C)(C)c1nn(-c2ccccc2[N+](=O)[O-])c2c1CCCCN2. The smallest absolute Gasteiger partial charge is 0.294 e. The fourth-order valence-corrected chi connectivity index (χ4v) is 3.08. The largest absolute Gasteiger partial charge is 0.370 e. The first-order chi connectivity index (χ1) is 10.9. The molecule has 122 valence electrons. The van der Waals surface area contributed by atoms with E-state index in [1.54, 1.807) is 16.8 Å². The summed E-state index contributed by atoms with van der Waals surface area (Å²) in [5.74, 6) is 0.904. The van der Waals surface area contributed by atoms with Gasteiger partial charge < -0.3 is 5.32 Å². The van der Waals surface area contributed by atoms with Gasteiger partial charge in [0.2, 0.25) is 0 Å². The van der Waals surface area contributed by atoms with E-state index in [1.165, 1.54) is 11.6 Å². The molecule has 0 atom stereocenters. The van der Waals surface area contributed by atoms with Crippen LogP contribution in [-0.2, 0) is 11.8 Å². The number of hydrogen-bond acceptors (Lipinski definition) is 4. The minimum atomic E-state index is -0.350. The molecule has 1 aromatic heterocycles. The van der Waals surface area contributed by atoms with E-state index in [0.29, 0.717) is 5.69 Å². The van der Waals surface area contributed by atoms with Gasteiger partial charge in [0.15, 0.2) is 0 Å². The van der Waals surface area contributed by atoms with Crippen LogP contribution in [0.3, 0.4) is 0 Å². The van der Waals surface area contributed by atoms with Crippen LogP contribution in [0.15, 0.2) is 24.3 Å². The number of aromatic nitrogens is 2. The highest BCUT2D eigenvalue weighted by Gasteiger charge is 2.29. The number of fused-ring (bicyclic) bond motifs is 1. The van der Waals surface area contributed by atoms with E-state index >= 15 is 0 Å². The van der Waals surface area contributed by atoms with Gasteiger partial charge in [-0.1, -0.05) is 32.9 Å². The van der Waals surface area contributed by atoms with Gasteiger partial charge >= 0.3 is 0 Å². The van der Waals surface area contributed by atoms with Crippen molar-refractivity contribution in [2.75, 3.05) is 11.9 Å². The summed E-state index contributed by atoms with van der Waals surface area (Å²) in [5.41, 5.74) is 2.68. The molecule has 0 radical (unpaired) electrons. The molecule has 1 aliphatic heterocycles. The summed E-state index contributed by atoms with van der Waals surface area (Å²) in [4.78, 5) is 11.0. The van der Waals surface area contributed by atoms with Gasteiger partial charge in [0, 0.05) is 23.6 Å². The van der Waals surface area contributed by atoms with Crippen LogP contribution in [0.1, 0.15) is 44.9 Å². The van der Waals surface area contributed by atoms with Gasteiger partial charge in [0.05, 0.1) is 10.6 Å². The standard InChI is InChI=1S/C17H22N4O2/c1-17(2,3)15-12-8-6-7-11-18-16(12)20(19-15)13-9-4-5-10-14(13)21(22)23/h4-5,9-10,18H,6-8,11H2,1-3H3. The number of benzene rings is 1. The molecule has 0 fully saturated rings. The van der Waals surface area contributed by atoms with Crippen molar-refractivity contribution < 1.29 is 4.92 Å². The van der Waals surface area contributed by atoms with Crippen LogP contribution >= 0.6 is 0 Å². The van der Waals surface area contributed by atoms with E-state index in [9.17, 15) is 10.1 Å². The van der Waals surface area contributed by atoms with Gasteiger partial charge in [-0.3, -0.25) is 10.1 Å². The molecule has 3 rings (SSSR count). The van der Waals surface area contributed by atoms with Crippen LogP contribution in [0.4, 0.5) is 11.5 Å². The Morgan fingerprint density at radius 1 is 1.26 bits per heavy atom. The average Bonchev–Trinajstić information content (AvgIpc) is 2.70. The maximum Gasteiger partial charge on any atom is 0.294 e. The van der Waals surface area contributed by atoms with E-state index in [1.807, 2.05) is 6.07 Å². The van der Waals surface area contributed by atoms with Crippen molar-refractivity contribution in [3.63, 3.8) is 0 Å². The highest BCUT2D eigenvalue weighted by atomic mass is 16.6. The Balaban J connectivity index is 2.25. The molecule has 6 nitrogen and oxygen atoms in total. The predicted octanol–water partition coefficient (Wildman–Crippen LogP) is 3.83. The number of hydrogen-bond donors (Lipinski definition) is 1. The first-order valence-electron chi connectivity index (χ1n) is 7.99. The third kappa shape index (κ3) is 2.81. The second kappa shape index (κ2) is 5.68. The molecule has 1 aliphatic rings. The van der Waals surface area contributed by atoms with E-state index in [4.69, 9.17) is 5.10 Å². The molecule has 2 aromatic rings. The minimum absolute atomic E-state index is 0.0734.